The number of aromatic nitrogens is 20. The van der Waals surface area contributed by atoms with Gasteiger partial charge < -0.3 is 4.57 Å². The van der Waals surface area contributed by atoms with Gasteiger partial charge >= 0.3 is 0 Å². The number of hydrogen-bond acceptors (Lipinski definition) is 14. The summed E-state index contributed by atoms with van der Waals surface area (Å²) in [5, 5.41) is 13.4. The third-order valence-corrected chi connectivity index (χ3v) is 26.7. The molecule has 11 heterocycles. The highest BCUT2D eigenvalue weighted by atomic mass is 15.3. The maximum atomic E-state index is 5.23. The minimum Gasteiger partial charge on any atom is -0.307 e. The number of hydrogen-bond donors (Lipinski definition) is 0. The molecular weight excluding hydrogens is 1770 g/mol. The van der Waals surface area contributed by atoms with Crippen LogP contribution in [0.1, 0.15) is 0 Å². The highest BCUT2D eigenvalue weighted by Gasteiger charge is 2.30. The molecular formula is C124H78N20. The van der Waals surface area contributed by atoms with Gasteiger partial charge in [0.2, 0.25) is 29.7 Å². The molecule has 0 fully saturated rings. The number of fused-ring (bicyclic) bond motifs is 21. The fraction of sp³-hybridized carbons (Fsp3) is 0. The van der Waals surface area contributed by atoms with Crippen molar-refractivity contribution in [2.24, 2.45) is 0 Å². The van der Waals surface area contributed by atoms with E-state index in [1.54, 1.807) is 12.4 Å². The third kappa shape index (κ3) is 14.3. The van der Waals surface area contributed by atoms with Crippen molar-refractivity contribution in [3.8, 4) is 127 Å². The van der Waals surface area contributed by atoms with Crippen LogP contribution >= 0.6 is 0 Å². The van der Waals surface area contributed by atoms with Crippen molar-refractivity contribution in [1.29, 1.82) is 0 Å². The molecule has 674 valence electrons. The quantitative estimate of drug-likeness (QED) is 0.0992. The van der Waals surface area contributed by atoms with E-state index in [0.29, 0.717) is 76.3 Å². The Bertz CT molecular complexity index is 9200. The predicted octanol–water partition coefficient (Wildman–Crippen LogP) is 28.5. The Kier molecular flexibility index (Phi) is 20.3. The van der Waals surface area contributed by atoms with Gasteiger partial charge in [0.25, 0.3) is 0 Å². The second-order valence-corrected chi connectivity index (χ2v) is 35.1. The lowest BCUT2D eigenvalue weighted by atomic mass is 10.1. The predicted molar refractivity (Wildman–Crippen MR) is 578 cm³/mol. The molecule has 18 aromatic carbocycles. The fourth-order valence-electron chi connectivity index (χ4n) is 20.4. The van der Waals surface area contributed by atoms with Gasteiger partial charge in [0.15, 0.2) is 46.6 Å². The Morgan fingerprint density at radius 1 is 0.118 bits per heavy atom. The van der Waals surface area contributed by atoms with Crippen LogP contribution in [0.25, 0.3) is 257 Å². The number of nitrogens with zero attached hydrogens (tertiary/aromatic N) is 20. The SMILES string of the molecule is c1ccc(-c2nc(-c3ccccc3)nc(-n3c4ccccc4c4ccc5c6ccccc6n(-c6ccccc6)c5c43)n2)cc1.c1ccc(-c2nc(-c3ccccc3)nc(-n3c4ccccc4c4ccc5c6ccccc6n(-c6nc(-c7ccccc7)nc(-c7ccccc7)n6)c5c43)n2)cc1.c1ccc(-c2nc(-c3ccccc3)nc(-n3c4ccccc4c4ccc5c6ccccc6n(-c6ncccn6)c5c43)n2)cc1. The van der Waals surface area contributed by atoms with Crippen molar-refractivity contribution >= 4 is 131 Å². The lowest BCUT2D eigenvalue weighted by Crippen LogP contribution is -2.09. The Hall–Kier alpha value is -20.1. The van der Waals surface area contributed by atoms with Gasteiger partial charge in [0.05, 0.1) is 66.2 Å². The molecule has 20 heteroatoms. The van der Waals surface area contributed by atoms with Crippen LogP contribution in [0.2, 0.25) is 0 Å². The van der Waals surface area contributed by atoms with E-state index in [2.05, 4.69) is 240 Å². The summed E-state index contributed by atoms with van der Waals surface area (Å²) in [6.45, 7) is 0. The summed E-state index contributed by atoms with van der Waals surface area (Å²) in [5.74, 6) is 7.60. The van der Waals surface area contributed by atoms with Crippen LogP contribution in [0.4, 0.5) is 0 Å². The van der Waals surface area contributed by atoms with Gasteiger partial charge in [-0.05, 0) is 54.6 Å². The fourth-order valence-corrected chi connectivity index (χ4v) is 20.4. The van der Waals surface area contributed by atoms with E-state index < -0.39 is 0 Å². The molecule has 0 saturated carbocycles. The molecule has 29 aromatic rings. The van der Waals surface area contributed by atoms with Gasteiger partial charge in [0.1, 0.15) is 0 Å². The number of rotatable bonds is 14. The summed E-state index contributed by atoms with van der Waals surface area (Å²) in [5.41, 5.74) is 20.7. The van der Waals surface area contributed by atoms with Crippen LogP contribution in [0.15, 0.2) is 473 Å². The van der Waals surface area contributed by atoms with Crippen LogP contribution in [-0.4, -0.2) is 97.2 Å². The van der Waals surface area contributed by atoms with Crippen molar-refractivity contribution < 1.29 is 0 Å². The minimum atomic E-state index is 0.513. The van der Waals surface area contributed by atoms with Gasteiger partial charge in [-0.1, -0.05) is 406 Å². The molecule has 0 spiro atoms. The molecule has 0 atom stereocenters. The van der Waals surface area contributed by atoms with Crippen molar-refractivity contribution in [2.75, 3.05) is 0 Å². The van der Waals surface area contributed by atoms with E-state index in [1.807, 2.05) is 249 Å². The van der Waals surface area contributed by atoms with E-state index in [1.165, 1.54) is 10.8 Å². The molecule has 0 amide bonds. The molecule has 29 rings (SSSR count). The summed E-state index contributed by atoms with van der Waals surface area (Å²) in [7, 11) is 0. The van der Waals surface area contributed by atoms with Crippen molar-refractivity contribution in [3.05, 3.63) is 473 Å². The Labute approximate surface area is 822 Å². The molecule has 0 aliphatic carbocycles. The van der Waals surface area contributed by atoms with E-state index in [0.717, 1.165) is 170 Å². The zero-order valence-electron chi connectivity index (χ0n) is 77.0. The molecule has 0 saturated heterocycles. The number of benzene rings is 18. The average Bonchev–Trinajstić information content (AvgIpc) is 1.54. The number of para-hydroxylation sites is 7. The van der Waals surface area contributed by atoms with Gasteiger partial charge in [0, 0.05) is 127 Å². The largest absolute Gasteiger partial charge is 0.307 e. The molecule has 11 aromatic heterocycles. The summed E-state index contributed by atoms with van der Waals surface area (Å²) >= 11 is 0. The standard InChI is InChI=1S/C48H30N8.C39H25N5.C37H23N7/c1-5-17-31(18-6-1)43-49-44(32-19-7-2-8-20-32)52-47(51-43)55-39-27-15-13-25-35(39)37-29-30-38-36-26-14-16-28-40(36)56(42(38)41(37)55)48-53-45(33-21-9-3-10-22-33)50-46(54-48)34-23-11-4-12-24-34;1-4-14-26(15-5-1)37-40-38(27-16-6-2-7-17-27)42-39(41-37)44-34-23-13-11-21-30(34)32-25-24-31-29-20-10-12-22-33(29)43(35(31)36(32)44)28-18-8-3-9-19-28;1-3-12-24(13-4-1)34-40-35(25-14-5-2-6-15-25)42-37(41-34)44-31-19-10-8-17-27(31)29-21-20-28-26-16-7-9-18-30(26)43(32(28)33(29)44)36-38-22-11-23-39-36/h1-30H;1-25H;1-23H. The Morgan fingerprint density at radius 3 is 0.479 bits per heavy atom. The van der Waals surface area contributed by atoms with Crippen LogP contribution in [0.3, 0.4) is 0 Å². The molecule has 0 unspecified atom stereocenters. The highest BCUT2D eigenvalue weighted by molar-refractivity contribution is 6.27. The summed E-state index contributed by atoms with van der Waals surface area (Å²) in [4.78, 5) is 70.9. The minimum absolute atomic E-state index is 0.513. The highest BCUT2D eigenvalue weighted by Crippen LogP contribution is 2.47. The lowest BCUT2D eigenvalue weighted by molar-refractivity contribution is 0.941. The monoisotopic (exact) mass is 1850 g/mol. The van der Waals surface area contributed by atoms with Crippen LogP contribution in [0, 0.1) is 0 Å². The van der Waals surface area contributed by atoms with Gasteiger partial charge in [-0.25, -0.2) is 29.9 Å². The van der Waals surface area contributed by atoms with E-state index in [4.69, 9.17) is 69.8 Å². The lowest BCUT2D eigenvalue weighted by Gasteiger charge is -2.13. The van der Waals surface area contributed by atoms with E-state index in [9.17, 15) is 0 Å². The van der Waals surface area contributed by atoms with Gasteiger partial charge in [-0.2, -0.15) is 39.9 Å². The average molecular weight is 1850 g/mol. The normalized spacial score (nSPS) is 11.6. The van der Waals surface area contributed by atoms with E-state index >= 15 is 0 Å². The van der Waals surface area contributed by atoms with Crippen molar-refractivity contribution in [2.45, 2.75) is 0 Å². The van der Waals surface area contributed by atoms with E-state index in [-0.39, 0.29) is 0 Å². The first-order valence-corrected chi connectivity index (χ1v) is 47.7. The topological polar surface area (TPSA) is 210 Å². The maximum Gasteiger partial charge on any atom is 0.238 e. The molecule has 0 aliphatic heterocycles. The summed E-state index contributed by atoms with van der Waals surface area (Å²) in [6, 6.07) is 157. The Balaban J connectivity index is 0.000000109. The summed E-state index contributed by atoms with van der Waals surface area (Å²) < 4.78 is 13.3. The van der Waals surface area contributed by atoms with Gasteiger partial charge in [-0.3, -0.25) is 22.8 Å². The summed E-state index contributed by atoms with van der Waals surface area (Å²) in [6.07, 6.45) is 3.56. The molecule has 144 heavy (non-hydrogen) atoms. The molecule has 0 radical (unpaired) electrons. The second-order valence-electron chi connectivity index (χ2n) is 35.1. The maximum absolute atomic E-state index is 5.23. The molecule has 0 N–H and O–H groups in total. The van der Waals surface area contributed by atoms with Crippen molar-refractivity contribution in [3.63, 3.8) is 0 Å². The first-order valence-electron chi connectivity index (χ1n) is 47.7. The first-order chi connectivity index (χ1) is 71.5. The Morgan fingerprint density at radius 2 is 0.278 bits per heavy atom. The van der Waals surface area contributed by atoms with Crippen LogP contribution in [0.5, 0.6) is 0 Å². The van der Waals surface area contributed by atoms with Gasteiger partial charge in [-0.15, -0.1) is 0 Å². The zero-order valence-corrected chi connectivity index (χ0v) is 77.0. The third-order valence-electron chi connectivity index (χ3n) is 26.7. The van der Waals surface area contributed by atoms with Crippen LogP contribution in [-0.2, 0) is 0 Å². The smallest absolute Gasteiger partial charge is 0.238 e. The second kappa shape index (κ2) is 35.2. The molecule has 0 bridgehead atoms. The zero-order chi connectivity index (χ0) is 95.1. The first kappa shape index (κ1) is 83.3. The van der Waals surface area contributed by atoms with Crippen LogP contribution < -0.4 is 0 Å². The molecule has 0 aliphatic rings. The van der Waals surface area contributed by atoms with Crippen molar-refractivity contribution in [1.82, 2.24) is 97.2 Å². The molecule has 20 nitrogen and oxygen atoms in total.